The predicted molar refractivity (Wildman–Crippen MR) is 96.6 cm³/mol. The topological polar surface area (TPSA) is 55.6 Å². The van der Waals surface area contributed by atoms with Crippen molar-refractivity contribution in [3.63, 3.8) is 0 Å². The minimum Gasteiger partial charge on any atom is -0.494 e. The molecule has 0 unspecified atom stereocenters. The van der Waals surface area contributed by atoms with Crippen LogP contribution in [0, 0.1) is 0 Å². The predicted octanol–water partition coefficient (Wildman–Crippen LogP) is 3.35. The minimum atomic E-state index is -0.314. The van der Waals surface area contributed by atoms with Crippen LogP contribution in [0.5, 0.6) is 5.75 Å². The molecule has 24 heavy (non-hydrogen) atoms. The van der Waals surface area contributed by atoms with Crippen molar-refractivity contribution in [2.75, 3.05) is 13.2 Å². The van der Waals surface area contributed by atoms with E-state index >= 15 is 0 Å². The second-order valence-electron chi connectivity index (χ2n) is 5.94. The molecule has 128 valence electrons. The van der Waals surface area contributed by atoms with Gasteiger partial charge in [0.25, 0.3) is 0 Å². The Hall–Kier alpha value is -2.33. The minimum absolute atomic E-state index is 0.240. The molecule has 0 aliphatic carbocycles. The molecule has 0 radical (unpaired) electrons. The molecule has 2 N–H and O–H groups in total. The van der Waals surface area contributed by atoms with Gasteiger partial charge in [0.05, 0.1) is 13.2 Å². The fourth-order valence-corrected chi connectivity index (χ4v) is 2.51. The molecular formula is C20H26N2O2. The largest absolute Gasteiger partial charge is 0.494 e. The summed E-state index contributed by atoms with van der Waals surface area (Å²) in [6.07, 6.45) is 2.19. The Balaban J connectivity index is 1.96. The van der Waals surface area contributed by atoms with E-state index in [0.717, 1.165) is 30.8 Å². The number of primary amides is 1. The number of unbranched alkanes of at least 4 members (excludes halogenated alkanes) is 1. The molecule has 0 aliphatic heterocycles. The molecule has 0 aliphatic rings. The summed E-state index contributed by atoms with van der Waals surface area (Å²) in [5.74, 6) is 0.571. The summed E-state index contributed by atoms with van der Waals surface area (Å²) in [6, 6.07) is 18.1. The zero-order valence-corrected chi connectivity index (χ0v) is 14.3. The number of benzene rings is 2. The number of nitrogens with two attached hydrogens (primary N) is 1. The first kappa shape index (κ1) is 18.0. The van der Waals surface area contributed by atoms with Crippen molar-refractivity contribution in [1.29, 1.82) is 0 Å². The second kappa shape index (κ2) is 9.73. The van der Waals surface area contributed by atoms with Crippen molar-refractivity contribution in [2.45, 2.75) is 32.9 Å². The fraction of sp³-hybridized carbons (Fsp3) is 0.350. The van der Waals surface area contributed by atoms with Crippen molar-refractivity contribution in [1.82, 2.24) is 4.90 Å². The summed E-state index contributed by atoms with van der Waals surface area (Å²) in [4.78, 5) is 13.4. The fourth-order valence-electron chi connectivity index (χ4n) is 2.51. The van der Waals surface area contributed by atoms with Gasteiger partial charge < -0.3 is 10.5 Å². The number of amides is 1. The Morgan fingerprint density at radius 1 is 1.00 bits per heavy atom. The van der Waals surface area contributed by atoms with Crippen LogP contribution in [0.1, 0.15) is 30.9 Å². The maximum Gasteiger partial charge on any atom is 0.231 e. The van der Waals surface area contributed by atoms with Crippen LogP contribution in [-0.4, -0.2) is 24.0 Å². The van der Waals surface area contributed by atoms with Crippen LogP contribution in [0.3, 0.4) is 0 Å². The number of carbonyl (C=O) groups excluding carboxylic acids is 1. The Kier molecular flexibility index (Phi) is 7.30. The summed E-state index contributed by atoms with van der Waals surface area (Å²) in [7, 11) is 0. The van der Waals surface area contributed by atoms with Gasteiger partial charge in [0.1, 0.15) is 5.75 Å². The standard InChI is InChI=1S/C20H26N2O2/c1-2-3-13-24-19-11-9-18(10-12-19)15-22(16-20(21)23)14-17-7-5-4-6-8-17/h4-12H,2-3,13-16H2,1H3,(H2,21,23). The molecule has 4 heteroatoms. The molecule has 2 aromatic carbocycles. The van der Waals surface area contributed by atoms with Gasteiger partial charge in [-0.25, -0.2) is 0 Å². The van der Waals surface area contributed by atoms with Crippen molar-refractivity contribution >= 4 is 5.91 Å². The quantitative estimate of drug-likeness (QED) is 0.681. The maximum absolute atomic E-state index is 11.4. The van der Waals surface area contributed by atoms with E-state index in [0.29, 0.717) is 13.1 Å². The molecule has 1 amide bonds. The summed E-state index contributed by atoms with van der Waals surface area (Å²) in [5.41, 5.74) is 7.69. The lowest BCUT2D eigenvalue weighted by Gasteiger charge is -2.21. The highest BCUT2D eigenvalue weighted by Gasteiger charge is 2.10. The summed E-state index contributed by atoms with van der Waals surface area (Å²) < 4.78 is 5.68. The number of hydrogen-bond acceptors (Lipinski definition) is 3. The zero-order valence-electron chi connectivity index (χ0n) is 14.3. The zero-order chi connectivity index (χ0) is 17.2. The Labute approximate surface area is 144 Å². The van der Waals surface area contributed by atoms with Gasteiger partial charge in [0.2, 0.25) is 5.91 Å². The Morgan fingerprint density at radius 3 is 2.21 bits per heavy atom. The lowest BCUT2D eigenvalue weighted by atomic mass is 10.1. The molecule has 0 spiro atoms. The number of carbonyl (C=O) groups is 1. The van der Waals surface area contributed by atoms with E-state index in [4.69, 9.17) is 10.5 Å². The van der Waals surface area contributed by atoms with Gasteiger partial charge in [-0.3, -0.25) is 9.69 Å². The highest BCUT2D eigenvalue weighted by Crippen LogP contribution is 2.15. The number of nitrogens with zero attached hydrogens (tertiary/aromatic N) is 1. The lowest BCUT2D eigenvalue weighted by Crippen LogP contribution is -2.33. The van der Waals surface area contributed by atoms with Gasteiger partial charge in [-0.1, -0.05) is 55.8 Å². The maximum atomic E-state index is 11.4. The van der Waals surface area contributed by atoms with Gasteiger partial charge in [-0.05, 0) is 29.7 Å². The Morgan fingerprint density at radius 2 is 1.62 bits per heavy atom. The molecule has 0 bridgehead atoms. The third-order valence-electron chi connectivity index (χ3n) is 3.72. The van der Waals surface area contributed by atoms with E-state index < -0.39 is 0 Å². The van der Waals surface area contributed by atoms with Crippen LogP contribution >= 0.6 is 0 Å². The highest BCUT2D eigenvalue weighted by molar-refractivity contribution is 5.75. The second-order valence-corrected chi connectivity index (χ2v) is 5.94. The number of rotatable bonds is 10. The monoisotopic (exact) mass is 326 g/mol. The summed E-state index contributed by atoms with van der Waals surface area (Å²) >= 11 is 0. The van der Waals surface area contributed by atoms with Gasteiger partial charge in [-0.2, -0.15) is 0 Å². The van der Waals surface area contributed by atoms with Crippen molar-refractivity contribution in [3.8, 4) is 5.75 Å². The number of ether oxygens (including phenoxy) is 1. The van der Waals surface area contributed by atoms with Crippen LogP contribution in [0.2, 0.25) is 0 Å². The van der Waals surface area contributed by atoms with Gasteiger partial charge in [-0.15, -0.1) is 0 Å². The molecule has 2 aromatic rings. The first-order valence-corrected chi connectivity index (χ1v) is 8.43. The molecule has 0 saturated carbocycles. The van der Waals surface area contributed by atoms with Gasteiger partial charge in [0, 0.05) is 13.1 Å². The van der Waals surface area contributed by atoms with Crippen LogP contribution in [-0.2, 0) is 17.9 Å². The van der Waals surface area contributed by atoms with Crippen LogP contribution < -0.4 is 10.5 Å². The van der Waals surface area contributed by atoms with Crippen LogP contribution in [0.15, 0.2) is 54.6 Å². The first-order chi connectivity index (χ1) is 11.7. The lowest BCUT2D eigenvalue weighted by molar-refractivity contribution is -0.119. The molecule has 0 aromatic heterocycles. The van der Waals surface area contributed by atoms with E-state index in [9.17, 15) is 4.79 Å². The molecule has 0 saturated heterocycles. The number of hydrogen-bond donors (Lipinski definition) is 1. The van der Waals surface area contributed by atoms with E-state index in [1.54, 1.807) is 0 Å². The van der Waals surface area contributed by atoms with E-state index in [1.807, 2.05) is 47.4 Å². The molecule has 0 atom stereocenters. The van der Waals surface area contributed by atoms with Crippen molar-refractivity contribution in [3.05, 3.63) is 65.7 Å². The first-order valence-electron chi connectivity index (χ1n) is 8.43. The molecule has 0 fully saturated rings. The summed E-state index contributed by atoms with van der Waals surface area (Å²) in [6.45, 7) is 4.50. The van der Waals surface area contributed by atoms with Crippen molar-refractivity contribution in [2.24, 2.45) is 5.73 Å². The van der Waals surface area contributed by atoms with Gasteiger partial charge >= 0.3 is 0 Å². The highest BCUT2D eigenvalue weighted by atomic mass is 16.5. The molecular weight excluding hydrogens is 300 g/mol. The molecule has 0 heterocycles. The average molecular weight is 326 g/mol. The smallest absolute Gasteiger partial charge is 0.231 e. The summed E-state index contributed by atoms with van der Waals surface area (Å²) in [5, 5.41) is 0. The van der Waals surface area contributed by atoms with E-state index in [2.05, 4.69) is 19.1 Å². The van der Waals surface area contributed by atoms with Gasteiger partial charge in [0.15, 0.2) is 0 Å². The van der Waals surface area contributed by atoms with E-state index in [-0.39, 0.29) is 12.5 Å². The SMILES string of the molecule is CCCCOc1ccc(CN(CC(N)=O)Cc2ccccc2)cc1. The van der Waals surface area contributed by atoms with Crippen molar-refractivity contribution < 1.29 is 9.53 Å². The average Bonchev–Trinajstić information content (AvgIpc) is 2.57. The third-order valence-corrected chi connectivity index (χ3v) is 3.72. The van der Waals surface area contributed by atoms with E-state index in [1.165, 1.54) is 5.56 Å². The molecule has 2 rings (SSSR count). The normalized spacial score (nSPS) is 10.8. The van der Waals surface area contributed by atoms with Crippen LogP contribution in [0.4, 0.5) is 0 Å². The third kappa shape index (κ3) is 6.42. The Bertz CT molecular complexity index is 611. The van der Waals surface area contributed by atoms with Crippen LogP contribution in [0.25, 0.3) is 0 Å². The molecule has 4 nitrogen and oxygen atoms in total.